The first-order valence-corrected chi connectivity index (χ1v) is 7.77. The molecule has 0 bridgehead atoms. The molecule has 2 N–H and O–H groups in total. The average molecular weight is 330 g/mol. The van der Waals surface area contributed by atoms with Crippen LogP contribution >= 0.6 is 11.3 Å². The van der Waals surface area contributed by atoms with Crippen molar-refractivity contribution in [2.75, 3.05) is 5.32 Å². The molecule has 118 valence electrons. The Kier molecular flexibility index (Phi) is 4.07. The third-order valence-corrected chi connectivity index (χ3v) is 4.18. The van der Waals surface area contributed by atoms with E-state index in [2.05, 4.69) is 15.4 Å². The summed E-state index contributed by atoms with van der Waals surface area (Å²) >= 11 is 1.39. The molecule has 23 heavy (non-hydrogen) atoms. The fourth-order valence-corrected chi connectivity index (χ4v) is 3.11. The van der Waals surface area contributed by atoms with Gasteiger partial charge in [0, 0.05) is 6.20 Å². The molecule has 0 aliphatic carbocycles. The molecule has 8 heteroatoms. The second-order valence-corrected chi connectivity index (χ2v) is 6.06. The number of aryl methyl sites for hydroxylation is 2. The van der Waals surface area contributed by atoms with Crippen LogP contribution in [0, 0.1) is 6.92 Å². The lowest BCUT2D eigenvalue weighted by atomic mass is 10.2. The van der Waals surface area contributed by atoms with Crippen LogP contribution in [0.15, 0.2) is 30.5 Å². The van der Waals surface area contributed by atoms with E-state index in [-0.39, 0.29) is 18.9 Å². The van der Waals surface area contributed by atoms with E-state index >= 15 is 0 Å². The van der Waals surface area contributed by atoms with Crippen molar-refractivity contribution in [1.82, 2.24) is 14.8 Å². The molecular formula is C15H14N4O3S. The molecule has 7 nitrogen and oxygen atoms in total. The number of thiazole rings is 1. The van der Waals surface area contributed by atoms with Crippen LogP contribution in [0.25, 0.3) is 10.2 Å². The summed E-state index contributed by atoms with van der Waals surface area (Å²) in [7, 11) is 0. The van der Waals surface area contributed by atoms with Crippen molar-refractivity contribution in [2.24, 2.45) is 0 Å². The van der Waals surface area contributed by atoms with Crippen LogP contribution in [0.3, 0.4) is 0 Å². The highest BCUT2D eigenvalue weighted by molar-refractivity contribution is 7.22. The lowest BCUT2D eigenvalue weighted by molar-refractivity contribution is -0.137. The summed E-state index contributed by atoms with van der Waals surface area (Å²) in [6.07, 6.45) is 1.38. The molecule has 0 aliphatic rings. The second-order valence-electron chi connectivity index (χ2n) is 5.03. The van der Waals surface area contributed by atoms with E-state index in [1.807, 2.05) is 25.1 Å². The zero-order valence-electron chi connectivity index (χ0n) is 12.3. The maximum atomic E-state index is 12.3. The van der Waals surface area contributed by atoms with Gasteiger partial charge in [-0.15, -0.1) is 0 Å². The van der Waals surface area contributed by atoms with Crippen LogP contribution in [0.2, 0.25) is 0 Å². The number of benzene rings is 1. The largest absolute Gasteiger partial charge is 0.481 e. The molecular weight excluding hydrogens is 316 g/mol. The van der Waals surface area contributed by atoms with Gasteiger partial charge in [0.05, 0.1) is 23.2 Å². The third kappa shape index (κ3) is 3.37. The highest BCUT2D eigenvalue weighted by Gasteiger charge is 2.15. The summed E-state index contributed by atoms with van der Waals surface area (Å²) in [6.45, 7) is 2.14. The first-order chi connectivity index (χ1) is 11.0. The van der Waals surface area contributed by atoms with E-state index in [0.29, 0.717) is 10.8 Å². The van der Waals surface area contributed by atoms with Gasteiger partial charge in [-0.25, -0.2) is 4.98 Å². The minimum absolute atomic E-state index is 0.0949. The third-order valence-electron chi connectivity index (χ3n) is 3.25. The van der Waals surface area contributed by atoms with E-state index < -0.39 is 5.97 Å². The molecule has 0 radical (unpaired) electrons. The van der Waals surface area contributed by atoms with Crippen molar-refractivity contribution in [3.63, 3.8) is 0 Å². The molecule has 0 fully saturated rings. The van der Waals surface area contributed by atoms with E-state index in [9.17, 15) is 9.59 Å². The number of rotatable bonds is 5. The molecule has 1 amide bonds. The quantitative estimate of drug-likeness (QED) is 0.749. The summed E-state index contributed by atoms with van der Waals surface area (Å²) in [6, 6.07) is 7.44. The predicted molar refractivity (Wildman–Crippen MR) is 86.8 cm³/mol. The number of aromatic nitrogens is 3. The topological polar surface area (TPSA) is 97.1 Å². The van der Waals surface area contributed by atoms with Crippen LogP contribution in [-0.4, -0.2) is 31.7 Å². The van der Waals surface area contributed by atoms with Crippen molar-refractivity contribution >= 4 is 38.6 Å². The zero-order valence-corrected chi connectivity index (χ0v) is 13.1. The molecule has 3 aromatic rings. The molecule has 0 aliphatic heterocycles. The Morgan fingerprint density at radius 1 is 1.35 bits per heavy atom. The maximum Gasteiger partial charge on any atom is 0.305 e. The van der Waals surface area contributed by atoms with E-state index in [0.717, 1.165) is 15.8 Å². The van der Waals surface area contributed by atoms with Crippen molar-refractivity contribution in [2.45, 2.75) is 19.9 Å². The minimum atomic E-state index is -0.937. The normalized spacial score (nSPS) is 10.8. The molecule has 2 aromatic heterocycles. The van der Waals surface area contributed by atoms with Crippen molar-refractivity contribution in [1.29, 1.82) is 0 Å². The monoisotopic (exact) mass is 330 g/mol. The van der Waals surface area contributed by atoms with Crippen molar-refractivity contribution in [3.8, 4) is 0 Å². The number of nitrogens with one attached hydrogen (secondary N) is 1. The van der Waals surface area contributed by atoms with Gasteiger partial charge in [0.15, 0.2) is 5.13 Å². The smallest absolute Gasteiger partial charge is 0.305 e. The number of carboxylic acids is 1. The van der Waals surface area contributed by atoms with Gasteiger partial charge in [0.2, 0.25) is 0 Å². The van der Waals surface area contributed by atoms with Gasteiger partial charge in [-0.1, -0.05) is 17.4 Å². The molecule has 0 saturated carbocycles. The van der Waals surface area contributed by atoms with Crippen LogP contribution < -0.4 is 5.32 Å². The number of fused-ring (bicyclic) bond motifs is 1. The van der Waals surface area contributed by atoms with Gasteiger partial charge >= 0.3 is 5.97 Å². The van der Waals surface area contributed by atoms with Crippen LogP contribution in [0.4, 0.5) is 5.13 Å². The lowest BCUT2D eigenvalue weighted by Gasteiger charge is -2.05. The Bertz CT molecular complexity index is 884. The Hall–Kier alpha value is -2.74. The van der Waals surface area contributed by atoms with E-state index in [1.165, 1.54) is 22.2 Å². The molecule has 3 rings (SSSR count). The number of anilines is 1. The van der Waals surface area contributed by atoms with Crippen molar-refractivity contribution < 1.29 is 14.7 Å². The number of carbonyl (C=O) groups is 2. The fraction of sp³-hybridized carbons (Fsp3) is 0.200. The summed E-state index contributed by atoms with van der Waals surface area (Å²) in [5.41, 5.74) is 2.27. The molecule has 1 aromatic carbocycles. The standard InChI is InChI=1S/C15H14N4O3S/c1-9-2-3-10-12(8-9)23-15(17-10)18-14(22)11-4-6-16-19(11)7-5-13(20)21/h2-4,6,8H,5,7H2,1H3,(H,20,21)(H,17,18,22). The Morgan fingerprint density at radius 3 is 2.96 bits per heavy atom. The molecule has 2 heterocycles. The Balaban J connectivity index is 1.78. The number of carbonyl (C=O) groups excluding carboxylic acids is 1. The van der Waals surface area contributed by atoms with Gasteiger partial charge in [0.1, 0.15) is 5.69 Å². The zero-order chi connectivity index (χ0) is 16.4. The number of aliphatic carboxylic acids is 1. The van der Waals surface area contributed by atoms with E-state index in [4.69, 9.17) is 5.11 Å². The summed E-state index contributed by atoms with van der Waals surface area (Å²) in [4.78, 5) is 27.3. The van der Waals surface area contributed by atoms with Gasteiger partial charge in [0.25, 0.3) is 5.91 Å². The second kappa shape index (κ2) is 6.17. The number of hydrogen-bond acceptors (Lipinski definition) is 5. The van der Waals surface area contributed by atoms with Crippen LogP contribution in [0.1, 0.15) is 22.5 Å². The van der Waals surface area contributed by atoms with Gasteiger partial charge in [-0.3, -0.25) is 19.6 Å². The van der Waals surface area contributed by atoms with Gasteiger partial charge in [-0.2, -0.15) is 5.10 Å². The van der Waals surface area contributed by atoms with Gasteiger partial charge in [-0.05, 0) is 30.7 Å². The first-order valence-electron chi connectivity index (χ1n) is 6.95. The highest BCUT2D eigenvalue weighted by atomic mass is 32.1. The SMILES string of the molecule is Cc1ccc2nc(NC(=O)c3ccnn3CCC(=O)O)sc2c1. The maximum absolute atomic E-state index is 12.3. The first kappa shape index (κ1) is 15.2. The lowest BCUT2D eigenvalue weighted by Crippen LogP contribution is -2.18. The van der Waals surface area contributed by atoms with Gasteiger partial charge < -0.3 is 5.11 Å². The highest BCUT2D eigenvalue weighted by Crippen LogP contribution is 2.26. The van der Waals surface area contributed by atoms with Crippen LogP contribution in [-0.2, 0) is 11.3 Å². The average Bonchev–Trinajstić information content (AvgIpc) is 3.10. The Morgan fingerprint density at radius 2 is 2.17 bits per heavy atom. The molecule has 0 saturated heterocycles. The summed E-state index contributed by atoms with van der Waals surface area (Å²) < 4.78 is 2.38. The molecule has 0 unspecified atom stereocenters. The number of amides is 1. The number of nitrogens with zero attached hydrogens (tertiary/aromatic N) is 3. The number of hydrogen-bond donors (Lipinski definition) is 2. The Labute approximate surface area is 135 Å². The number of carboxylic acid groups (broad SMARTS) is 1. The molecule has 0 atom stereocenters. The summed E-state index contributed by atoms with van der Waals surface area (Å²) in [5, 5.41) is 16.0. The minimum Gasteiger partial charge on any atom is -0.481 e. The van der Waals surface area contributed by atoms with Crippen molar-refractivity contribution in [3.05, 3.63) is 41.7 Å². The summed E-state index contributed by atoms with van der Waals surface area (Å²) in [5.74, 6) is -1.29. The fourth-order valence-electron chi connectivity index (χ4n) is 2.15. The molecule has 0 spiro atoms. The predicted octanol–water partition coefficient (Wildman–Crippen LogP) is 2.53. The van der Waals surface area contributed by atoms with Crippen LogP contribution in [0.5, 0.6) is 0 Å². The van der Waals surface area contributed by atoms with E-state index in [1.54, 1.807) is 6.07 Å².